The maximum atomic E-state index is 13.2. The Morgan fingerprint density at radius 1 is 1.13 bits per heavy atom. The number of aromatic nitrogens is 2. The van der Waals surface area contributed by atoms with E-state index in [4.69, 9.17) is 4.74 Å². The molecule has 0 saturated carbocycles. The Morgan fingerprint density at radius 2 is 1.97 bits per heavy atom. The van der Waals surface area contributed by atoms with Crippen molar-refractivity contribution in [1.82, 2.24) is 20.0 Å². The molecule has 2 aromatic carbocycles. The van der Waals surface area contributed by atoms with Crippen LogP contribution in [0.2, 0.25) is 0 Å². The number of benzene rings is 2. The normalized spacial score (nSPS) is 16.0. The van der Waals surface area contributed by atoms with E-state index in [1.54, 1.807) is 18.0 Å². The number of hydrogen-bond acceptors (Lipinski definition) is 4. The minimum Gasteiger partial charge on any atom is -0.450 e. The van der Waals surface area contributed by atoms with Gasteiger partial charge in [0, 0.05) is 30.3 Å². The fraction of sp³-hybridized carbons (Fsp3) is 0.292. The van der Waals surface area contributed by atoms with Gasteiger partial charge >= 0.3 is 6.09 Å². The Hall–Kier alpha value is -3.61. The van der Waals surface area contributed by atoms with Crippen LogP contribution < -0.4 is 5.32 Å². The predicted octanol–water partition coefficient (Wildman–Crippen LogP) is 3.89. The van der Waals surface area contributed by atoms with Crippen LogP contribution in [0.3, 0.4) is 0 Å². The number of alkyl carbamates (subject to hydrolysis) is 1. The monoisotopic (exact) mass is 418 g/mol. The maximum absolute atomic E-state index is 13.2. The molecule has 7 nitrogen and oxygen atoms in total. The standard InChI is InChI=1S/C24H26N4O3/c1-2-31-24(30)26-20-11-7-15-27(17-20)23(29)19-10-6-12-21(16-19)28-22(13-14-25-28)18-8-4-3-5-9-18/h3-6,8-10,12-14,16,20H,2,7,11,15,17H2,1H3,(H,26,30). The Balaban J connectivity index is 1.52. The summed E-state index contributed by atoms with van der Waals surface area (Å²) in [6.07, 6.45) is 2.99. The molecule has 1 N–H and O–H groups in total. The van der Waals surface area contributed by atoms with Crippen molar-refractivity contribution in [3.05, 3.63) is 72.4 Å². The third-order valence-corrected chi connectivity index (χ3v) is 5.36. The summed E-state index contributed by atoms with van der Waals surface area (Å²) in [7, 11) is 0. The number of piperidine rings is 1. The maximum Gasteiger partial charge on any atom is 0.407 e. The molecule has 2 amide bonds. The molecule has 4 rings (SSSR count). The van der Waals surface area contributed by atoms with E-state index in [1.807, 2.05) is 65.3 Å². The van der Waals surface area contributed by atoms with Crippen LogP contribution in [-0.2, 0) is 4.74 Å². The van der Waals surface area contributed by atoms with Gasteiger partial charge in [-0.1, -0.05) is 36.4 Å². The third kappa shape index (κ3) is 4.77. The summed E-state index contributed by atoms with van der Waals surface area (Å²) < 4.78 is 6.81. The Bertz CT molecular complexity index is 1050. The second kappa shape index (κ2) is 9.47. The van der Waals surface area contributed by atoms with Gasteiger partial charge in [-0.05, 0) is 44.0 Å². The molecule has 1 saturated heterocycles. The molecule has 160 valence electrons. The van der Waals surface area contributed by atoms with Crippen molar-refractivity contribution in [3.63, 3.8) is 0 Å². The number of likely N-dealkylation sites (tertiary alicyclic amines) is 1. The number of amides is 2. The number of ether oxygens (including phenoxy) is 1. The van der Waals surface area contributed by atoms with Gasteiger partial charge in [-0.2, -0.15) is 5.10 Å². The van der Waals surface area contributed by atoms with Gasteiger partial charge in [0.2, 0.25) is 0 Å². The van der Waals surface area contributed by atoms with Crippen LogP contribution in [0.1, 0.15) is 30.1 Å². The SMILES string of the molecule is CCOC(=O)NC1CCCN(C(=O)c2cccc(-n3nccc3-c3ccccc3)c2)C1. The zero-order chi connectivity index (χ0) is 21.6. The Morgan fingerprint density at radius 3 is 2.77 bits per heavy atom. The first-order valence-electron chi connectivity index (χ1n) is 10.6. The zero-order valence-corrected chi connectivity index (χ0v) is 17.5. The highest BCUT2D eigenvalue weighted by molar-refractivity contribution is 5.95. The van der Waals surface area contributed by atoms with Crippen molar-refractivity contribution in [2.75, 3.05) is 19.7 Å². The molecule has 1 aliphatic heterocycles. The lowest BCUT2D eigenvalue weighted by molar-refractivity contribution is 0.0686. The van der Waals surface area contributed by atoms with Crippen molar-refractivity contribution in [2.24, 2.45) is 0 Å². The average molecular weight is 418 g/mol. The molecule has 1 unspecified atom stereocenters. The van der Waals surface area contributed by atoms with Crippen molar-refractivity contribution < 1.29 is 14.3 Å². The first kappa shape index (κ1) is 20.7. The van der Waals surface area contributed by atoms with E-state index in [1.165, 1.54) is 0 Å². The lowest BCUT2D eigenvalue weighted by Crippen LogP contribution is -2.49. The smallest absolute Gasteiger partial charge is 0.407 e. The number of carbonyl (C=O) groups excluding carboxylic acids is 2. The lowest BCUT2D eigenvalue weighted by Gasteiger charge is -2.33. The number of carbonyl (C=O) groups is 2. The molecule has 0 spiro atoms. The topological polar surface area (TPSA) is 76.5 Å². The molecule has 1 atom stereocenters. The number of rotatable bonds is 5. The van der Waals surface area contributed by atoms with Crippen LogP contribution in [0.25, 0.3) is 16.9 Å². The van der Waals surface area contributed by atoms with Crippen LogP contribution in [0.4, 0.5) is 4.79 Å². The summed E-state index contributed by atoms with van der Waals surface area (Å²) in [5.41, 5.74) is 3.44. The molecule has 3 aromatic rings. The summed E-state index contributed by atoms with van der Waals surface area (Å²) in [6, 6.07) is 19.4. The van der Waals surface area contributed by atoms with Crippen molar-refractivity contribution in [3.8, 4) is 16.9 Å². The molecule has 0 bridgehead atoms. The predicted molar refractivity (Wildman–Crippen MR) is 118 cm³/mol. The van der Waals surface area contributed by atoms with E-state index in [-0.39, 0.29) is 11.9 Å². The molecule has 1 aromatic heterocycles. The quantitative estimate of drug-likeness (QED) is 0.682. The molecular formula is C24H26N4O3. The molecule has 2 heterocycles. The first-order chi connectivity index (χ1) is 15.2. The number of nitrogens with one attached hydrogen (secondary N) is 1. The summed E-state index contributed by atoms with van der Waals surface area (Å²) in [5, 5.41) is 7.31. The molecule has 0 aliphatic carbocycles. The highest BCUT2D eigenvalue weighted by atomic mass is 16.5. The zero-order valence-electron chi connectivity index (χ0n) is 17.5. The van der Waals surface area contributed by atoms with Crippen molar-refractivity contribution >= 4 is 12.0 Å². The average Bonchev–Trinajstić information content (AvgIpc) is 3.30. The van der Waals surface area contributed by atoms with Crippen LogP contribution in [-0.4, -0.2) is 52.4 Å². The minimum absolute atomic E-state index is 0.0503. The molecule has 1 aliphatic rings. The van der Waals surface area contributed by atoms with Crippen LogP contribution in [0.5, 0.6) is 0 Å². The summed E-state index contributed by atoms with van der Waals surface area (Å²) in [6.45, 7) is 3.23. The van der Waals surface area contributed by atoms with Crippen LogP contribution in [0, 0.1) is 0 Å². The van der Waals surface area contributed by atoms with Crippen LogP contribution >= 0.6 is 0 Å². The van der Waals surface area contributed by atoms with Gasteiger partial charge in [-0.15, -0.1) is 0 Å². The number of nitrogens with zero attached hydrogens (tertiary/aromatic N) is 3. The second-order valence-corrected chi connectivity index (χ2v) is 7.50. The van der Waals surface area contributed by atoms with E-state index in [2.05, 4.69) is 10.4 Å². The van der Waals surface area contributed by atoms with E-state index in [0.717, 1.165) is 29.8 Å². The fourth-order valence-corrected chi connectivity index (χ4v) is 3.91. The first-order valence-corrected chi connectivity index (χ1v) is 10.6. The van der Waals surface area contributed by atoms with Crippen molar-refractivity contribution in [1.29, 1.82) is 0 Å². The molecule has 31 heavy (non-hydrogen) atoms. The summed E-state index contributed by atoms with van der Waals surface area (Å²) in [5.74, 6) is -0.0503. The number of hydrogen-bond donors (Lipinski definition) is 1. The molecule has 7 heteroatoms. The van der Waals surface area contributed by atoms with Gasteiger partial charge in [-0.3, -0.25) is 4.79 Å². The lowest BCUT2D eigenvalue weighted by atomic mass is 10.0. The van der Waals surface area contributed by atoms with Gasteiger partial charge in [0.15, 0.2) is 0 Å². The minimum atomic E-state index is -0.434. The van der Waals surface area contributed by atoms with E-state index >= 15 is 0 Å². The van der Waals surface area contributed by atoms with E-state index in [0.29, 0.717) is 25.3 Å². The highest BCUT2D eigenvalue weighted by Gasteiger charge is 2.26. The Labute approximate surface area is 181 Å². The summed E-state index contributed by atoms with van der Waals surface area (Å²) in [4.78, 5) is 26.7. The Kier molecular flexibility index (Phi) is 6.31. The largest absolute Gasteiger partial charge is 0.450 e. The van der Waals surface area contributed by atoms with E-state index in [9.17, 15) is 9.59 Å². The van der Waals surface area contributed by atoms with Gasteiger partial charge in [-0.25, -0.2) is 9.48 Å². The van der Waals surface area contributed by atoms with Crippen molar-refractivity contribution in [2.45, 2.75) is 25.8 Å². The summed E-state index contributed by atoms with van der Waals surface area (Å²) >= 11 is 0. The van der Waals surface area contributed by atoms with Crippen LogP contribution in [0.15, 0.2) is 66.9 Å². The van der Waals surface area contributed by atoms with Gasteiger partial charge in [0.1, 0.15) is 0 Å². The highest BCUT2D eigenvalue weighted by Crippen LogP contribution is 2.23. The third-order valence-electron chi connectivity index (χ3n) is 5.36. The fourth-order valence-electron chi connectivity index (χ4n) is 3.91. The second-order valence-electron chi connectivity index (χ2n) is 7.50. The molecule has 1 fully saturated rings. The van der Waals surface area contributed by atoms with Gasteiger partial charge in [0.25, 0.3) is 5.91 Å². The molecule has 0 radical (unpaired) electrons. The van der Waals surface area contributed by atoms with Gasteiger partial charge in [0.05, 0.1) is 24.2 Å². The van der Waals surface area contributed by atoms with Gasteiger partial charge < -0.3 is 15.0 Å². The molecular weight excluding hydrogens is 392 g/mol. The van der Waals surface area contributed by atoms with E-state index < -0.39 is 6.09 Å².